The molecule has 0 aliphatic heterocycles. The Balaban J connectivity index is -0.000000209. The van der Waals surface area contributed by atoms with Gasteiger partial charge in [0.1, 0.15) is 0 Å². The fourth-order valence-electron chi connectivity index (χ4n) is 4.92. The van der Waals surface area contributed by atoms with Crippen LogP contribution in [0.4, 0.5) is 0 Å². The van der Waals surface area contributed by atoms with E-state index in [1.54, 1.807) is 0 Å². The average Bonchev–Trinajstić information content (AvgIpc) is 2.92. The Bertz CT molecular complexity index is 428. The monoisotopic (exact) mass is 570 g/mol. The van der Waals surface area contributed by atoms with Crippen molar-refractivity contribution in [2.75, 3.05) is 78.5 Å². The van der Waals surface area contributed by atoms with E-state index >= 15 is 0 Å². The van der Waals surface area contributed by atoms with E-state index in [4.69, 9.17) is 19.2 Å². The van der Waals surface area contributed by atoms with Crippen LogP contribution in [0.2, 0.25) is 0 Å². The summed E-state index contributed by atoms with van der Waals surface area (Å²) in [5, 5.41) is 0. The van der Waals surface area contributed by atoms with E-state index in [0.29, 0.717) is 0 Å². The zero-order valence-electron chi connectivity index (χ0n) is 28.1. The van der Waals surface area contributed by atoms with Crippen molar-refractivity contribution in [1.82, 2.24) is 0 Å². The van der Waals surface area contributed by atoms with Gasteiger partial charge in [0.2, 0.25) is 0 Å². The first-order chi connectivity index (χ1) is 17.7. The van der Waals surface area contributed by atoms with Crippen LogP contribution in [0.25, 0.3) is 0 Å². The van der Waals surface area contributed by atoms with Crippen molar-refractivity contribution in [3.05, 3.63) is 0 Å². The van der Waals surface area contributed by atoms with Crippen LogP contribution in [-0.4, -0.2) is 92.0 Å². The van der Waals surface area contributed by atoms with E-state index < -0.39 is 7.82 Å². The van der Waals surface area contributed by atoms with Crippen LogP contribution in [0.3, 0.4) is 0 Å². The highest BCUT2D eigenvalue weighted by Crippen LogP contribution is 2.09. The van der Waals surface area contributed by atoms with Crippen LogP contribution in [0, 0.1) is 0 Å². The minimum absolute atomic E-state index is 1.30. The Kier molecular flexibility index (Phi) is 32.2. The molecule has 0 amide bonds. The highest BCUT2D eigenvalue weighted by atomic mass is 31.2. The molecule has 0 atom stereocenters. The molecule has 0 aliphatic carbocycles. The minimum Gasteiger partial charge on any atom is -0.822 e. The van der Waals surface area contributed by atoms with Gasteiger partial charge in [0.15, 0.2) is 0 Å². The van der Waals surface area contributed by atoms with Gasteiger partial charge in [-0.3, -0.25) is 0 Å². The molecule has 0 saturated heterocycles. The van der Waals surface area contributed by atoms with E-state index in [-0.39, 0.29) is 0 Å². The standard InChI is InChI=1S/3C10H24N.H3O4P/c3*1-5-9-10-11(6-2,7-3)8-4;1-5(2,3)4/h3*5-10H2,1-4H3;(H3,1,2,3,4)/q3*+1;/p-3. The summed E-state index contributed by atoms with van der Waals surface area (Å²) in [4.78, 5) is 25.6. The maximum Gasteiger partial charge on any atom is 0.0786 e. The zero-order chi connectivity index (χ0) is 30.7. The Morgan fingerprint density at radius 1 is 0.395 bits per heavy atom. The molecule has 0 unspecified atom stereocenters. The van der Waals surface area contributed by atoms with E-state index in [2.05, 4.69) is 83.1 Å². The molecular formula is C30H72N3O4P. The lowest BCUT2D eigenvalue weighted by atomic mass is 10.2. The van der Waals surface area contributed by atoms with Crippen molar-refractivity contribution in [2.24, 2.45) is 0 Å². The van der Waals surface area contributed by atoms with Crippen LogP contribution in [-0.2, 0) is 4.57 Å². The molecule has 0 bridgehead atoms. The van der Waals surface area contributed by atoms with Crippen LogP contribution >= 0.6 is 7.82 Å². The van der Waals surface area contributed by atoms with Gasteiger partial charge in [-0.05, 0) is 81.6 Å². The van der Waals surface area contributed by atoms with Gasteiger partial charge in [-0.2, -0.15) is 7.82 Å². The van der Waals surface area contributed by atoms with E-state index in [0.717, 1.165) is 0 Å². The first-order valence-electron chi connectivity index (χ1n) is 16.0. The molecule has 236 valence electrons. The Morgan fingerprint density at radius 2 is 0.526 bits per heavy atom. The van der Waals surface area contributed by atoms with E-state index in [1.807, 2.05) is 0 Å². The minimum atomic E-state index is -5.39. The molecule has 0 aliphatic rings. The van der Waals surface area contributed by atoms with E-state index in [9.17, 15) is 0 Å². The maximum atomic E-state index is 8.55. The summed E-state index contributed by atoms with van der Waals surface area (Å²) in [5.74, 6) is 0. The normalized spacial score (nSPS) is 12.0. The molecule has 0 heterocycles. The summed E-state index contributed by atoms with van der Waals surface area (Å²) in [7, 11) is -5.39. The molecule has 0 aromatic carbocycles. The maximum absolute atomic E-state index is 8.55. The van der Waals surface area contributed by atoms with Gasteiger partial charge in [-0.25, -0.2) is 0 Å². The van der Waals surface area contributed by atoms with Gasteiger partial charge >= 0.3 is 0 Å². The van der Waals surface area contributed by atoms with Crippen molar-refractivity contribution in [3.8, 4) is 0 Å². The number of rotatable bonds is 18. The summed E-state index contributed by atoms with van der Waals surface area (Å²) in [5.41, 5.74) is 0. The highest BCUT2D eigenvalue weighted by molar-refractivity contribution is 7.40. The SMILES string of the molecule is CCCC[N+](CC)(CC)CC.CCCC[N+](CC)(CC)CC.CCCC[N+](CC)(CC)CC.O=P([O-])([O-])[O-]. The molecule has 8 heteroatoms. The van der Waals surface area contributed by atoms with Crippen LogP contribution < -0.4 is 14.7 Å². The van der Waals surface area contributed by atoms with Crippen molar-refractivity contribution < 1.29 is 32.7 Å². The third-order valence-corrected chi connectivity index (χ3v) is 9.00. The molecule has 0 rings (SSSR count). The van der Waals surface area contributed by atoms with E-state index in [1.165, 1.54) is 131 Å². The largest absolute Gasteiger partial charge is 0.822 e. The average molecular weight is 570 g/mol. The topological polar surface area (TPSA) is 86.2 Å². The highest BCUT2D eigenvalue weighted by Gasteiger charge is 2.20. The predicted octanol–water partition coefficient (Wildman–Crippen LogP) is 5.16. The number of unbranched alkanes of at least 4 members (excludes halogenated alkanes) is 3. The molecule has 0 aromatic heterocycles. The molecule has 0 radical (unpaired) electrons. The van der Waals surface area contributed by atoms with Crippen LogP contribution in [0.5, 0.6) is 0 Å². The molecule has 7 nitrogen and oxygen atoms in total. The van der Waals surface area contributed by atoms with Crippen LogP contribution in [0.15, 0.2) is 0 Å². The summed E-state index contributed by atoms with van der Waals surface area (Å²) in [6, 6.07) is 0. The van der Waals surface area contributed by atoms with Crippen molar-refractivity contribution in [2.45, 2.75) is 122 Å². The molecule has 0 aromatic rings. The summed E-state index contributed by atoms with van der Waals surface area (Å²) >= 11 is 0. The van der Waals surface area contributed by atoms with Gasteiger partial charge in [0.25, 0.3) is 0 Å². The van der Waals surface area contributed by atoms with Crippen molar-refractivity contribution >= 4 is 7.82 Å². The van der Waals surface area contributed by atoms with Gasteiger partial charge in [-0.15, -0.1) is 0 Å². The fourth-order valence-corrected chi connectivity index (χ4v) is 4.92. The summed E-state index contributed by atoms with van der Waals surface area (Å²) in [6.07, 6.45) is 8.15. The molecular weight excluding hydrogens is 497 g/mol. The second kappa shape index (κ2) is 27.2. The van der Waals surface area contributed by atoms with Gasteiger partial charge < -0.3 is 32.7 Å². The van der Waals surface area contributed by atoms with Gasteiger partial charge in [-0.1, -0.05) is 40.0 Å². The summed E-state index contributed by atoms with van der Waals surface area (Å²) in [6.45, 7) is 43.4. The molecule has 0 saturated carbocycles. The number of hydrogen-bond donors (Lipinski definition) is 0. The third kappa shape index (κ3) is 25.0. The molecule has 0 spiro atoms. The first-order valence-corrected chi connectivity index (χ1v) is 17.5. The predicted molar refractivity (Wildman–Crippen MR) is 163 cm³/mol. The van der Waals surface area contributed by atoms with Crippen LogP contribution in [0.1, 0.15) is 122 Å². The van der Waals surface area contributed by atoms with Crippen molar-refractivity contribution in [1.29, 1.82) is 0 Å². The number of quaternary nitrogens is 3. The lowest BCUT2D eigenvalue weighted by Gasteiger charge is -2.36. The molecule has 0 N–H and O–H groups in total. The fraction of sp³-hybridized carbons (Fsp3) is 1.00. The second-order valence-electron chi connectivity index (χ2n) is 10.5. The Hall–Kier alpha value is -0.0100. The van der Waals surface area contributed by atoms with Crippen molar-refractivity contribution in [3.63, 3.8) is 0 Å². The Labute approximate surface area is 240 Å². The molecule has 0 fully saturated rings. The lowest BCUT2D eigenvalue weighted by molar-refractivity contribution is -0.923. The Morgan fingerprint density at radius 3 is 0.605 bits per heavy atom. The quantitative estimate of drug-likeness (QED) is 0.168. The summed E-state index contributed by atoms with van der Waals surface area (Å²) < 4.78 is 12.5. The smallest absolute Gasteiger partial charge is 0.0786 e. The second-order valence-corrected chi connectivity index (χ2v) is 11.4. The zero-order valence-corrected chi connectivity index (χ0v) is 29.0. The lowest BCUT2D eigenvalue weighted by Crippen LogP contribution is -2.48. The third-order valence-electron chi connectivity index (χ3n) is 9.00. The number of nitrogens with zero attached hydrogens (tertiary/aromatic N) is 3. The number of phosphoric acid groups is 1. The first kappa shape index (κ1) is 45.0. The van der Waals surface area contributed by atoms with Gasteiger partial charge in [0.05, 0.1) is 78.5 Å². The molecule has 38 heavy (non-hydrogen) atoms. The number of hydrogen-bond acceptors (Lipinski definition) is 4. The van der Waals surface area contributed by atoms with Gasteiger partial charge in [0, 0.05) is 0 Å².